The molecule has 2 aromatic carbocycles. The first-order valence-electron chi connectivity index (χ1n) is 7.22. The summed E-state index contributed by atoms with van der Waals surface area (Å²) in [6.45, 7) is -0.526. The van der Waals surface area contributed by atoms with Crippen molar-refractivity contribution in [2.45, 2.75) is 10.7 Å². The lowest BCUT2D eigenvalue weighted by molar-refractivity contribution is 0.0474. The van der Waals surface area contributed by atoms with Gasteiger partial charge in [0, 0.05) is 5.56 Å². The number of rotatable bonds is 7. The third kappa shape index (κ3) is 4.42. The summed E-state index contributed by atoms with van der Waals surface area (Å²) in [5.41, 5.74) is 0.248. The molecule has 0 aliphatic rings. The van der Waals surface area contributed by atoms with Crippen LogP contribution < -0.4 is 4.74 Å². The van der Waals surface area contributed by atoms with Crippen LogP contribution in [-0.4, -0.2) is 39.6 Å². The van der Waals surface area contributed by atoms with Gasteiger partial charge in [0.25, 0.3) is 0 Å². The fraction of sp³-hybridized carbons (Fsp3) is 0.176. The lowest BCUT2D eigenvalue weighted by Gasteiger charge is -2.07. The Morgan fingerprint density at radius 3 is 2.00 bits per heavy atom. The number of ether oxygens (including phenoxy) is 2. The van der Waals surface area contributed by atoms with Crippen LogP contribution in [0.15, 0.2) is 53.4 Å². The van der Waals surface area contributed by atoms with E-state index >= 15 is 0 Å². The minimum absolute atomic E-state index is 0.0688. The largest absolute Gasteiger partial charge is 0.497 e. The quantitative estimate of drug-likeness (QED) is 0.539. The average molecular weight is 384 g/mol. The molecule has 138 valence electrons. The zero-order valence-electron chi connectivity index (χ0n) is 13.5. The molecule has 0 atom stereocenters. The number of hydrogen-bond acceptors (Lipinski definition) is 6. The van der Waals surface area contributed by atoms with Crippen molar-refractivity contribution in [1.82, 2.24) is 0 Å². The summed E-state index contributed by atoms with van der Waals surface area (Å²) >= 11 is 0. The van der Waals surface area contributed by atoms with Gasteiger partial charge in [-0.2, -0.15) is 8.78 Å². The molecule has 0 bridgehead atoms. The SMILES string of the molecule is COc1ccc(C(=O)COC(=O)c2ccc(S(=O)(=O)C(F)F)cc2)cc1. The first kappa shape index (κ1) is 19.5. The van der Waals surface area contributed by atoms with Crippen LogP contribution in [0.1, 0.15) is 20.7 Å². The molecule has 0 aliphatic heterocycles. The van der Waals surface area contributed by atoms with Gasteiger partial charge in [0.05, 0.1) is 17.6 Å². The molecular weight excluding hydrogens is 370 g/mol. The normalized spacial score (nSPS) is 11.2. The maximum Gasteiger partial charge on any atom is 0.341 e. The second-order valence-electron chi connectivity index (χ2n) is 5.06. The Morgan fingerprint density at radius 1 is 0.962 bits per heavy atom. The van der Waals surface area contributed by atoms with Gasteiger partial charge < -0.3 is 9.47 Å². The molecule has 9 heteroatoms. The van der Waals surface area contributed by atoms with Crippen LogP contribution in [0.2, 0.25) is 0 Å². The minimum atomic E-state index is -4.74. The molecule has 0 fully saturated rings. The van der Waals surface area contributed by atoms with Crippen molar-refractivity contribution in [2.24, 2.45) is 0 Å². The fourth-order valence-electron chi connectivity index (χ4n) is 1.96. The van der Waals surface area contributed by atoms with E-state index < -0.39 is 38.8 Å². The summed E-state index contributed by atoms with van der Waals surface area (Å²) in [5.74, 6) is -4.31. The molecular formula is C17H14F2O6S. The zero-order chi connectivity index (χ0) is 19.3. The van der Waals surface area contributed by atoms with E-state index in [0.717, 1.165) is 24.3 Å². The summed E-state index contributed by atoms with van der Waals surface area (Å²) in [6.07, 6.45) is 0. The number of ketones is 1. The monoisotopic (exact) mass is 384 g/mol. The number of benzene rings is 2. The Labute approximate surface area is 148 Å². The highest BCUT2D eigenvalue weighted by Crippen LogP contribution is 2.19. The molecule has 26 heavy (non-hydrogen) atoms. The minimum Gasteiger partial charge on any atom is -0.497 e. The van der Waals surface area contributed by atoms with Gasteiger partial charge in [-0.1, -0.05) is 0 Å². The Bertz CT molecular complexity index is 890. The molecule has 0 amide bonds. The number of hydrogen-bond donors (Lipinski definition) is 0. The van der Waals surface area contributed by atoms with E-state index in [0.29, 0.717) is 11.3 Å². The first-order chi connectivity index (χ1) is 12.3. The molecule has 2 aromatic rings. The van der Waals surface area contributed by atoms with Gasteiger partial charge in [0.15, 0.2) is 12.4 Å². The first-order valence-corrected chi connectivity index (χ1v) is 8.77. The van der Waals surface area contributed by atoms with E-state index in [1.165, 1.54) is 19.2 Å². The van der Waals surface area contributed by atoms with Crippen molar-refractivity contribution in [3.05, 3.63) is 59.7 Å². The molecule has 0 saturated heterocycles. The van der Waals surface area contributed by atoms with Crippen molar-refractivity contribution in [3.63, 3.8) is 0 Å². The van der Waals surface area contributed by atoms with E-state index in [1.807, 2.05) is 0 Å². The van der Waals surface area contributed by atoms with Crippen LogP contribution in [0.25, 0.3) is 0 Å². The van der Waals surface area contributed by atoms with Crippen LogP contribution in [0, 0.1) is 0 Å². The highest BCUT2D eigenvalue weighted by molar-refractivity contribution is 7.91. The van der Waals surface area contributed by atoms with E-state index in [9.17, 15) is 26.8 Å². The van der Waals surface area contributed by atoms with E-state index in [2.05, 4.69) is 0 Å². The van der Waals surface area contributed by atoms with Crippen molar-refractivity contribution in [3.8, 4) is 5.75 Å². The summed E-state index contributed by atoms with van der Waals surface area (Å²) < 4.78 is 57.3. The van der Waals surface area contributed by atoms with Gasteiger partial charge in [-0.25, -0.2) is 13.2 Å². The highest BCUT2D eigenvalue weighted by Gasteiger charge is 2.26. The molecule has 0 aliphatic carbocycles. The Balaban J connectivity index is 2.00. The second kappa shape index (κ2) is 8.05. The smallest absolute Gasteiger partial charge is 0.341 e. The number of halogens is 2. The number of methoxy groups -OCH3 is 1. The lowest BCUT2D eigenvalue weighted by atomic mass is 10.1. The van der Waals surface area contributed by atoms with Gasteiger partial charge in [-0.05, 0) is 48.5 Å². The third-order valence-electron chi connectivity index (χ3n) is 3.40. The van der Waals surface area contributed by atoms with E-state index in [-0.39, 0.29) is 5.56 Å². The molecule has 2 rings (SSSR count). The average Bonchev–Trinajstić information content (AvgIpc) is 2.65. The lowest BCUT2D eigenvalue weighted by Crippen LogP contribution is -2.15. The predicted octanol–water partition coefficient (Wildman–Crippen LogP) is 2.73. The molecule has 0 spiro atoms. The third-order valence-corrected chi connectivity index (χ3v) is 4.80. The molecule has 0 heterocycles. The summed E-state index contributed by atoms with van der Waals surface area (Å²) in [6, 6.07) is 10.0. The van der Waals surface area contributed by atoms with Crippen molar-refractivity contribution in [1.29, 1.82) is 0 Å². The maximum atomic E-state index is 12.5. The zero-order valence-corrected chi connectivity index (χ0v) is 14.3. The van der Waals surface area contributed by atoms with Gasteiger partial charge in [0.2, 0.25) is 9.84 Å². The van der Waals surface area contributed by atoms with Gasteiger partial charge in [-0.15, -0.1) is 0 Å². The molecule has 0 unspecified atom stereocenters. The van der Waals surface area contributed by atoms with Crippen LogP contribution in [0.3, 0.4) is 0 Å². The number of carbonyl (C=O) groups excluding carboxylic acids is 2. The van der Waals surface area contributed by atoms with Crippen molar-refractivity contribution < 1.29 is 36.3 Å². The predicted molar refractivity (Wildman–Crippen MR) is 87.2 cm³/mol. The summed E-state index contributed by atoms with van der Waals surface area (Å²) in [7, 11) is -3.25. The fourth-order valence-corrected chi connectivity index (χ4v) is 2.68. The standard InChI is InChI=1S/C17H14F2O6S/c1-24-13-6-2-11(3-7-13)15(20)10-25-16(21)12-4-8-14(9-5-12)26(22,23)17(18)19/h2-9,17H,10H2,1H3. The van der Waals surface area contributed by atoms with Gasteiger partial charge >= 0.3 is 11.7 Å². The van der Waals surface area contributed by atoms with Crippen LogP contribution in [0.4, 0.5) is 8.78 Å². The Hall–Kier alpha value is -2.81. The van der Waals surface area contributed by atoms with Crippen LogP contribution >= 0.6 is 0 Å². The molecule has 0 saturated carbocycles. The maximum absolute atomic E-state index is 12.5. The van der Waals surface area contributed by atoms with Crippen LogP contribution in [0.5, 0.6) is 5.75 Å². The molecule has 0 radical (unpaired) electrons. The van der Waals surface area contributed by atoms with Crippen molar-refractivity contribution in [2.75, 3.05) is 13.7 Å². The summed E-state index contributed by atoms with van der Waals surface area (Å²) in [5, 5.41) is 0. The second-order valence-corrected chi connectivity index (χ2v) is 6.98. The number of esters is 1. The molecule has 6 nitrogen and oxygen atoms in total. The topological polar surface area (TPSA) is 86.7 Å². The number of alkyl halides is 2. The highest BCUT2D eigenvalue weighted by atomic mass is 32.2. The summed E-state index contributed by atoms with van der Waals surface area (Å²) in [4.78, 5) is 23.2. The number of sulfone groups is 1. The Kier molecular flexibility index (Phi) is 6.04. The van der Waals surface area contributed by atoms with Gasteiger partial charge in [-0.3, -0.25) is 4.79 Å². The van der Waals surface area contributed by atoms with E-state index in [1.54, 1.807) is 12.1 Å². The Morgan fingerprint density at radius 2 is 1.50 bits per heavy atom. The van der Waals surface area contributed by atoms with Crippen LogP contribution in [-0.2, 0) is 14.6 Å². The van der Waals surface area contributed by atoms with Crippen molar-refractivity contribution >= 4 is 21.6 Å². The van der Waals surface area contributed by atoms with E-state index in [4.69, 9.17) is 9.47 Å². The van der Waals surface area contributed by atoms with Gasteiger partial charge in [0.1, 0.15) is 5.75 Å². The number of Topliss-reactive ketones (excluding diaryl/α,β-unsaturated/α-hetero) is 1. The number of carbonyl (C=O) groups is 2. The molecule has 0 N–H and O–H groups in total. The molecule has 0 aromatic heterocycles.